The molecule has 0 aliphatic carbocycles. The van der Waals surface area contributed by atoms with E-state index in [0.717, 1.165) is 0 Å². The fourth-order valence-corrected chi connectivity index (χ4v) is 2.15. The fourth-order valence-electron chi connectivity index (χ4n) is 2.15. The van der Waals surface area contributed by atoms with Crippen molar-refractivity contribution in [3.63, 3.8) is 0 Å². The standard InChI is InChI=1S/C9H19BO4/c1-6(4-13-2)9(5-11)7(12)3-8(10)14-9/h6-8,11-12H,3-5,10H2,1-2H3/t6?,7-,8+,9-/m0/s1. The van der Waals surface area contributed by atoms with Crippen molar-refractivity contribution in [2.45, 2.75) is 31.1 Å². The summed E-state index contributed by atoms with van der Waals surface area (Å²) >= 11 is 0. The van der Waals surface area contributed by atoms with Crippen LogP contribution in [0.1, 0.15) is 13.3 Å². The van der Waals surface area contributed by atoms with Gasteiger partial charge in [-0.2, -0.15) is 0 Å². The molecular weight excluding hydrogens is 183 g/mol. The molecule has 82 valence electrons. The third-order valence-corrected chi connectivity index (χ3v) is 3.04. The lowest BCUT2D eigenvalue weighted by Crippen LogP contribution is -2.50. The van der Waals surface area contributed by atoms with Gasteiger partial charge in [0.2, 0.25) is 0 Å². The van der Waals surface area contributed by atoms with Crippen molar-refractivity contribution in [2.75, 3.05) is 20.3 Å². The Hall–Kier alpha value is -0.0951. The second kappa shape index (κ2) is 4.62. The lowest BCUT2D eigenvalue weighted by molar-refractivity contribution is -0.140. The lowest BCUT2D eigenvalue weighted by Gasteiger charge is -2.35. The van der Waals surface area contributed by atoms with E-state index in [1.54, 1.807) is 7.11 Å². The maximum absolute atomic E-state index is 9.87. The molecule has 1 fully saturated rings. The highest BCUT2D eigenvalue weighted by Crippen LogP contribution is 2.35. The van der Waals surface area contributed by atoms with Crippen molar-refractivity contribution < 1.29 is 19.7 Å². The average Bonchev–Trinajstić information content (AvgIpc) is 2.42. The lowest BCUT2D eigenvalue weighted by atomic mass is 9.84. The summed E-state index contributed by atoms with van der Waals surface area (Å²) in [6.45, 7) is 2.23. The van der Waals surface area contributed by atoms with Crippen LogP contribution in [-0.4, -0.2) is 56.1 Å². The summed E-state index contributed by atoms with van der Waals surface area (Å²) in [5.74, 6) is -0.0163. The molecule has 0 aromatic rings. The first-order valence-electron chi connectivity index (χ1n) is 5.02. The number of aliphatic hydroxyl groups excluding tert-OH is 2. The molecule has 14 heavy (non-hydrogen) atoms. The molecule has 1 aliphatic heterocycles. The molecule has 0 bridgehead atoms. The van der Waals surface area contributed by atoms with Gasteiger partial charge < -0.3 is 19.7 Å². The molecule has 5 heteroatoms. The average molecular weight is 202 g/mol. The van der Waals surface area contributed by atoms with E-state index >= 15 is 0 Å². The first-order chi connectivity index (χ1) is 6.56. The molecule has 4 nitrogen and oxygen atoms in total. The molecule has 1 heterocycles. The molecule has 1 unspecified atom stereocenters. The summed E-state index contributed by atoms with van der Waals surface area (Å²) in [5.41, 5.74) is -0.838. The fraction of sp³-hybridized carbons (Fsp3) is 1.00. The van der Waals surface area contributed by atoms with Crippen LogP contribution in [0.25, 0.3) is 0 Å². The maximum atomic E-state index is 9.87. The highest BCUT2D eigenvalue weighted by atomic mass is 16.5. The normalized spacial score (nSPS) is 40.0. The summed E-state index contributed by atoms with van der Waals surface area (Å²) < 4.78 is 10.7. The summed E-state index contributed by atoms with van der Waals surface area (Å²) in [4.78, 5) is 0. The molecule has 4 atom stereocenters. The molecule has 0 aromatic carbocycles. The summed E-state index contributed by atoms with van der Waals surface area (Å²) in [7, 11) is 3.51. The van der Waals surface area contributed by atoms with Gasteiger partial charge in [-0.1, -0.05) is 6.92 Å². The second-order valence-corrected chi connectivity index (χ2v) is 4.15. The van der Waals surface area contributed by atoms with E-state index in [4.69, 9.17) is 9.47 Å². The Balaban J connectivity index is 2.74. The Morgan fingerprint density at radius 1 is 1.71 bits per heavy atom. The molecular formula is C9H19BO4. The first kappa shape index (κ1) is 12.0. The molecule has 2 N–H and O–H groups in total. The number of hydrogen-bond donors (Lipinski definition) is 2. The Bertz CT molecular complexity index is 190. The monoisotopic (exact) mass is 202 g/mol. The molecule has 1 saturated heterocycles. The van der Waals surface area contributed by atoms with Crippen LogP contribution in [0.3, 0.4) is 0 Å². The van der Waals surface area contributed by atoms with Crippen LogP contribution in [0.5, 0.6) is 0 Å². The predicted molar refractivity (Wildman–Crippen MR) is 54.9 cm³/mol. The van der Waals surface area contributed by atoms with Gasteiger partial charge in [-0.3, -0.25) is 0 Å². The van der Waals surface area contributed by atoms with E-state index in [2.05, 4.69) is 0 Å². The maximum Gasteiger partial charge on any atom is 0.139 e. The molecule has 1 aliphatic rings. The van der Waals surface area contributed by atoms with Crippen LogP contribution in [0.15, 0.2) is 0 Å². The molecule has 0 amide bonds. The van der Waals surface area contributed by atoms with Gasteiger partial charge in [0.05, 0.1) is 19.3 Å². The van der Waals surface area contributed by atoms with E-state index in [-0.39, 0.29) is 18.5 Å². The summed E-state index contributed by atoms with van der Waals surface area (Å²) in [6.07, 6.45) is -0.0260. The smallest absolute Gasteiger partial charge is 0.139 e. The van der Waals surface area contributed by atoms with E-state index in [1.165, 1.54) is 0 Å². The minimum Gasteiger partial charge on any atom is -0.393 e. The zero-order chi connectivity index (χ0) is 10.8. The van der Waals surface area contributed by atoms with Crippen molar-refractivity contribution in [3.8, 4) is 0 Å². The largest absolute Gasteiger partial charge is 0.393 e. The van der Waals surface area contributed by atoms with E-state index in [9.17, 15) is 10.2 Å². The molecule has 0 spiro atoms. The van der Waals surface area contributed by atoms with Gasteiger partial charge in [-0.05, 0) is 6.42 Å². The van der Waals surface area contributed by atoms with Crippen molar-refractivity contribution in [2.24, 2.45) is 5.92 Å². The van der Waals surface area contributed by atoms with Crippen molar-refractivity contribution in [1.29, 1.82) is 0 Å². The van der Waals surface area contributed by atoms with Gasteiger partial charge in [0, 0.05) is 19.0 Å². The zero-order valence-electron chi connectivity index (χ0n) is 9.06. The second-order valence-electron chi connectivity index (χ2n) is 4.15. The highest BCUT2D eigenvalue weighted by molar-refractivity contribution is 6.11. The minimum atomic E-state index is -0.838. The number of methoxy groups -OCH3 is 1. The minimum absolute atomic E-state index is 0.00328. The quantitative estimate of drug-likeness (QED) is 0.558. The van der Waals surface area contributed by atoms with Crippen LogP contribution in [0.2, 0.25) is 0 Å². The van der Waals surface area contributed by atoms with Crippen LogP contribution < -0.4 is 0 Å². The molecule has 0 aromatic heterocycles. The number of aliphatic hydroxyl groups is 2. The topological polar surface area (TPSA) is 58.9 Å². The van der Waals surface area contributed by atoms with Crippen LogP contribution in [-0.2, 0) is 9.47 Å². The predicted octanol–water partition coefficient (Wildman–Crippen LogP) is -1.26. The third-order valence-electron chi connectivity index (χ3n) is 3.04. The van der Waals surface area contributed by atoms with Crippen molar-refractivity contribution >= 4 is 7.85 Å². The van der Waals surface area contributed by atoms with Crippen LogP contribution in [0, 0.1) is 5.92 Å². The highest BCUT2D eigenvalue weighted by Gasteiger charge is 2.49. The Kier molecular flexibility index (Phi) is 3.95. The first-order valence-corrected chi connectivity index (χ1v) is 5.02. The van der Waals surface area contributed by atoms with Crippen molar-refractivity contribution in [3.05, 3.63) is 0 Å². The molecule has 0 radical (unpaired) electrons. The molecule has 0 saturated carbocycles. The summed E-state index contributed by atoms with van der Waals surface area (Å²) in [6, 6.07) is -0.00328. The summed E-state index contributed by atoms with van der Waals surface area (Å²) in [5, 5.41) is 19.2. The Morgan fingerprint density at radius 2 is 2.36 bits per heavy atom. The van der Waals surface area contributed by atoms with Gasteiger partial charge in [0.25, 0.3) is 0 Å². The SMILES string of the molecule is B[C@H]1C[C@H](O)[C@](CO)(C(C)COC)O1. The van der Waals surface area contributed by atoms with Crippen molar-refractivity contribution in [1.82, 2.24) is 0 Å². The van der Waals surface area contributed by atoms with Gasteiger partial charge in [0.15, 0.2) is 0 Å². The third kappa shape index (κ3) is 1.96. The Morgan fingerprint density at radius 3 is 2.71 bits per heavy atom. The van der Waals surface area contributed by atoms with Crippen LogP contribution >= 0.6 is 0 Å². The van der Waals surface area contributed by atoms with E-state index in [1.807, 2.05) is 14.8 Å². The van der Waals surface area contributed by atoms with Gasteiger partial charge >= 0.3 is 0 Å². The number of hydrogen-bond acceptors (Lipinski definition) is 4. The van der Waals surface area contributed by atoms with Crippen LogP contribution in [0.4, 0.5) is 0 Å². The number of ether oxygens (including phenoxy) is 2. The van der Waals surface area contributed by atoms with E-state index < -0.39 is 11.7 Å². The van der Waals surface area contributed by atoms with Gasteiger partial charge in [-0.25, -0.2) is 0 Å². The number of rotatable bonds is 4. The zero-order valence-corrected chi connectivity index (χ0v) is 9.06. The van der Waals surface area contributed by atoms with Gasteiger partial charge in [0.1, 0.15) is 13.4 Å². The van der Waals surface area contributed by atoms with E-state index in [0.29, 0.717) is 13.0 Å². The Labute approximate surface area is 85.6 Å². The van der Waals surface area contributed by atoms with Gasteiger partial charge in [-0.15, -0.1) is 0 Å². The molecule has 1 rings (SSSR count).